The molecule has 1 aromatic carbocycles. The molecule has 0 aliphatic carbocycles. The Morgan fingerprint density at radius 1 is 1.42 bits per heavy atom. The summed E-state index contributed by atoms with van der Waals surface area (Å²) in [5, 5.41) is 12.7. The number of benzene rings is 1. The molecule has 0 fully saturated rings. The second-order valence-electron chi connectivity index (χ2n) is 4.13. The summed E-state index contributed by atoms with van der Waals surface area (Å²) >= 11 is 0. The smallest absolute Gasteiger partial charge is 0.356 e. The first-order valence-corrected chi connectivity index (χ1v) is 5.56. The van der Waals surface area contributed by atoms with Gasteiger partial charge in [0.05, 0.1) is 12.8 Å². The molecular weight excluding hydrogens is 251 g/mol. The maximum atomic E-state index is 13.8. The molecule has 2 rings (SSSR count). The average Bonchev–Trinajstić information content (AvgIpc) is 2.75. The fraction of sp³-hybridized carbons (Fsp3) is 0.231. The first-order chi connectivity index (χ1) is 8.93. The number of ether oxygens (including phenoxy) is 1. The molecule has 2 aromatic rings. The van der Waals surface area contributed by atoms with Gasteiger partial charge in [-0.1, -0.05) is 0 Å². The van der Waals surface area contributed by atoms with Gasteiger partial charge >= 0.3 is 5.97 Å². The van der Waals surface area contributed by atoms with E-state index in [9.17, 15) is 9.18 Å². The molecule has 0 aliphatic heterocycles. The minimum Gasteiger partial charge on any atom is -0.496 e. The summed E-state index contributed by atoms with van der Waals surface area (Å²) in [4.78, 5) is 10.9. The Balaban J connectivity index is 2.59. The summed E-state index contributed by atoms with van der Waals surface area (Å²) in [6, 6.07) is 4.38. The van der Waals surface area contributed by atoms with Gasteiger partial charge in [-0.15, -0.1) is 0 Å². The summed E-state index contributed by atoms with van der Waals surface area (Å²) in [6.45, 7) is 1.61. The van der Waals surface area contributed by atoms with Gasteiger partial charge in [-0.3, -0.25) is 4.68 Å². The van der Waals surface area contributed by atoms with E-state index < -0.39 is 11.8 Å². The van der Waals surface area contributed by atoms with Crippen molar-refractivity contribution in [3.63, 3.8) is 0 Å². The second kappa shape index (κ2) is 4.72. The molecule has 100 valence electrons. The Morgan fingerprint density at radius 3 is 2.63 bits per heavy atom. The van der Waals surface area contributed by atoms with Crippen molar-refractivity contribution in [1.29, 1.82) is 0 Å². The van der Waals surface area contributed by atoms with E-state index in [4.69, 9.17) is 9.84 Å². The summed E-state index contributed by atoms with van der Waals surface area (Å²) in [6.07, 6.45) is 0. The standard InChI is InChI=1S/C13H13FN2O3/c1-7-9(14)4-8(5-12(7)19-3)11-6-10(13(17)18)15-16(11)2/h4-6H,1-3H3,(H,17,18). The van der Waals surface area contributed by atoms with Crippen molar-refractivity contribution in [2.45, 2.75) is 6.92 Å². The molecule has 0 aliphatic rings. The Bertz CT molecular complexity index is 650. The number of carboxylic acid groups (broad SMARTS) is 1. The molecule has 5 nitrogen and oxygen atoms in total. The monoisotopic (exact) mass is 264 g/mol. The highest BCUT2D eigenvalue weighted by molar-refractivity contribution is 5.87. The third kappa shape index (κ3) is 2.29. The van der Waals surface area contributed by atoms with E-state index >= 15 is 0 Å². The Hall–Kier alpha value is -2.37. The van der Waals surface area contributed by atoms with Crippen molar-refractivity contribution in [3.8, 4) is 17.0 Å². The van der Waals surface area contributed by atoms with E-state index in [0.717, 1.165) is 0 Å². The minimum absolute atomic E-state index is 0.0857. The Kier molecular flexibility index (Phi) is 3.25. The number of carbonyl (C=O) groups is 1. The van der Waals surface area contributed by atoms with Gasteiger partial charge in [0.15, 0.2) is 5.69 Å². The number of rotatable bonds is 3. The molecule has 1 heterocycles. The normalized spacial score (nSPS) is 10.5. The molecule has 0 bridgehead atoms. The Labute approximate surface area is 109 Å². The van der Waals surface area contributed by atoms with Gasteiger partial charge in [0, 0.05) is 18.2 Å². The first-order valence-electron chi connectivity index (χ1n) is 5.56. The molecule has 6 heteroatoms. The maximum absolute atomic E-state index is 13.8. The number of carboxylic acids is 1. The van der Waals surface area contributed by atoms with Crippen molar-refractivity contribution < 1.29 is 19.0 Å². The topological polar surface area (TPSA) is 64.3 Å². The van der Waals surface area contributed by atoms with Gasteiger partial charge in [0.25, 0.3) is 0 Å². The van der Waals surface area contributed by atoms with Gasteiger partial charge in [-0.25, -0.2) is 9.18 Å². The van der Waals surface area contributed by atoms with Crippen molar-refractivity contribution in [2.75, 3.05) is 7.11 Å². The maximum Gasteiger partial charge on any atom is 0.356 e. The number of hydrogen-bond acceptors (Lipinski definition) is 3. The van der Waals surface area contributed by atoms with Crippen LogP contribution in [0.3, 0.4) is 0 Å². The van der Waals surface area contributed by atoms with Crippen LogP contribution in [0.1, 0.15) is 16.1 Å². The third-order valence-corrected chi connectivity index (χ3v) is 2.91. The number of nitrogens with zero attached hydrogens (tertiary/aromatic N) is 2. The summed E-state index contributed by atoms with van der Waals surface area (Å²) < 4.78 is 20.3. The third-order valence-electron chi connectivity index (χ3n) is 2.91. The van der Waals surface area contributed by atoms with Gasteiger partial charge in [0.2, 0.25) is 0 Å². The van der Waals surface area contributed by atoms with E-state index in [0.29, 0.717) is 22.6 Å². The molecule has 0 radical (unpaired) electrons. The molecular formula is C13H13FN2O3. The molecule has 0 spiro atoms. The van der Waals surface area contributed by atoms with E-state index in [1.165, 1.54) is 23.9 Å². The van der Waals surface area contributed by atoms with Crippen LogP contribution in [0, 0.1) is 12.7 Å². The highest BCUT2D eigenvalue weighted by Gasteiger charge is 2.15. The number of methoxy groups -OCH3 is 1. The summed E-state index contributed by atoms with van der Waals surface area (Å²) in [5.74, 6) is -1.12. The quantitative estimate of drug-likeness (QED) is 0.923. The molecule has 19 heavy (non-hydrogen) atoms. The van der Waals surface area contributed by atoms with Crippen molar-refractivity contribution in [3.05, 3.63) is 35.3 Å². The average molecular weight is 264 g/mol. The van der Waals surface area contributed by atoms with Crippen LogP contribution in [-0.4, -0.2) is 28.0 Å². The summed E-state index contributed by atoms with van der Waals surface area (Å²) in [7, 11) is 3.06. The van der Waals surface area contributed by atoms with Crippen molar-refractivity contribution in [1.82, 2.24) is 9.78 Å². The lowest BCUT2D eigenvalue weighted by atomic mass is 10.1. The van der Waals surface area contributed by atoms with E-state index in [2.05, 4.69) is 5.10 Å². The molecule has 0 unspecified atom stereocenters. The summed E-state index contributed by atoms with van der Waals surface area (Å²) in [5.41, 5.74) is 1.35. The number of aryl methyl sites for hydroxylation is 1. The van der Waals surface area contributed by atoms with Gasteiger partial charge in [0.1, 0.15) is 11.6 Å². The van der Waals surface area contributed by atoms with Crippen LogP contribution in [0.25, 0.3) is 11.3 Å². The van der Waals surface area contributed by atoms with Crippen LogP contribution in [0.15, 0.2) is 18.2 Å². The predicted octanol–water partition coefficient (Wildman–Crippen LogP) is 2.24. The van der Waals surface area contributed by atoms with Gasteiger partial charge in [-0.2, -0.15) is 5.10 Å². The second-order valence-corrected chi connectivity index (χ2v) is 4.13. The van der Waals surface area contributed by atoms with E-state index in [1.54, 1.807) is 20.0 Å². The minimum atomic E-state index is -1.12. The number of aromatic nitrogens is 2. The lowest BCUT2D eigenvalue weighted by Gasteiger charge is -2.09. The highest BCUT2D eigenvalue weighted by Crippen LogP contribution is 2.29. The van der Waals surface area contributed by atoms with Crippen LogP contribution in [0.2, 0.25) is 0 Å². The highest BCUT2D eigenvalue weighted by atomic mass is 19.1. The molecule has 0 saturated carbocycles. The fourth-order valence-corrected chi connectivity index (χ4v) is 1.86. The zero-order chi connectivity index (χ0) is 14.2. The number of hydrogen-bond donors (Lipinski definition) is 1. The van der Waals surface area contributed by atoms with Crippen LogP contribution in [0.5, 0.6) is 5.75 Å². The van der Waals surface area contributed by atoms with Crippen molar-refractivity contribution >= 4 is 5.97 Å². The van der Waals surface area contributed by atoms with E-state index in [1.807, 2.05) is 0 Å². The van der Waals surface area contributed by atoms with Crippen LogP contribution in [0.4, 0.5) is 4.39 Å². The first kappa shape index (κ1) is 13.1. The zero-order valence-corrected chi connectivity index (χ0v) is 10.8. The largest absolute Gasteiger partial charge is 0.496 e. The number of halogens is 1. The zero-order valence-electron chi connectivity index (χ0n) is 10.8. The molecule has 0 atom stereocenters. The molecule has 0 saturated heterocycles. The van der Waals surface area contributed by atoms with Crippen molar-refractivity contribution in [2.24, 2.45) is 7.05 Å². The molecule has 1 N–H and O–H groups in total. The number of aromatic carboxylic acids is 1. The van der Waals surface area contributed by atoms with Gasteiger partial charge in [-0.05, 0) is 25.1 Å². The molecule has 0 amide bonds. The SMILES string of the molecule is COc1cc(-c2cc(C(=O)O)nn2C)cc(F)c1C. The molecule has 1 aromatic heterocycles. The van der Waals surface area contributed by atoms with Crippen LogP contribution < -0.4 is 4.74 Å². The van der Waals surface area contributed by atoms with E-state index in [-0.39, 0.29) is 5.69 Å². The predicted molar refractivity (Wildman–Crippen MR) is 66.9 cm³/mol. The van der Waals surface area contributed by atoms with Crippen LogP contribution in [-0.2, 0) is 7.05 Å². The van der Waals surface area contributed by atoms with Crippen LogP contribution >= 0.6 is 0 Å². The lowest BCUT2D eigenvalue weighted by molar-refractivity contribution is 0.0689. The fourth-order valence-electron chi connectivity index (χ4n) is 1.86. The van der Waals surface area contributed by atoms with Gasteiger partial charge < -0.3 is 9.84 Å². The Morgan fingerprint density at radius 2 is 2.11 bits per heavy atom. The lowest BCUT2D eigenvalue weighted by Crippen LogP contribution is -1.99.